The fourth-order valence-corrected chi connectivity index (χ4v) is 3.43. The van der Waals surface area contributed by atoms with Crippen LogP contribution < -0.4 is 4.90 Å². The maximum Gasteiger partial charge on any atom is 0.355 e. The maximum atomic E-state index is 12.6. The molecule has 1 aliphatic heterocycles. The first kappa shape index (κ1) is 20.2. The van der Waals surface area contributed by atoms with Gasteiger partial charge in [0.2, 0.25) is 0 Å². The van der Waals surface area contributed by atoms with Gasteiger partial charge in [-0.3, -0.25) is 0 Å². The van der Waals surface area contributed by atoms with Gasteiger partial charge >= 0.3 is 11.9 Å². The summed E-state index contributed by atoms with van der Waals surface area (Å²) in [5.41, 5.74) is 4.62. The highest BCUT2D eigenvalue weighted by atomic mass is 16.5. The van der Waals surface area contributed by atoms with Crippen LogP contribution in [0.15, 0.2) is 78.2 Å². The second-order valence-electron chi connectivity index (χ2n) is 6.97. The van der Waals surface area contributed by atoms with Crippen LogP contribution in [0.25, 0.3) is 22.4 Å². The van der Waals surface area contributed by atoms with E-state index >= 15 is 0 Å². The van der Waals surface area contributed by atoms with Gasteiger partial charge < -0.3 is 19.4 Å². The average Bonchev–Trinajstić information content (AvgIpc) is 3.08. The van der Waals surface area contributed by atoms with Crippen LogP contribution >= 0.6 is 0 Å². The van der Waals surface area contributed by atoms with E-state index in [1.54, 1.807) is 23.3 Å². The number of fused-ring (bicyclic) bond motifs is 1. The monoisotopic (exact) mass is 415 g/mol. The average molecular weight is 415 g/mol. The van der Waals surface area contributed by atoms with E-state index in [1.165, 1.54) is 20.3 Å². The minimum absolute atomic E-state index is 0.0664. The normalized spacial score (nSPS) is 13.5. The van der Waals surface area contributed by atoms with Gasteiger partial charge in [0, 0.05) is 17.5 Å². The number of carbonyl (C=O) groups is 2. The number of imidazole rings is 1. The summed E-state index contributed by atoms with van der Waals surface area (Å²) in [5.74, 6) is -0.577. The third-order valence-corrected chi connectivity index (χ3v) is 4.92. The van der Waals surface area contributed by atoms with Crippen molar-refractivity contribution in [2.24, 2.45) is 0 Å². The summed E-state index contributed by atoms with van der Waals surface area (Å²) in [7, 11) is 2.54. The summed E-state index contributed by atoms with van der Waals surface area (Å²) < 4.78 is 9.82. The van der Waals surface area contributed by atoms with Crippen molar-refractivity contribution in [3.05, 3.63) is 83.7 Å². The molecule has 7 nitrogen and oxygen atoms in total. The van der Waals surface area contributed by atoms with Crippen LogP contribution in [-0.4, -0.2) is 36.1 Å². The number of nitrogens with one attached hydrogen (secondary N) is 1. The number of aromatic amines is 1. The number of carbonyl (C=O) groups excluding carboxylic acids is 2. The Morgan fingerprint density at radius 2 is 1.81 bits per heavy atom. The molecule has 0 fully saturated rings. The van der Waals surface area contributed by atoms with Crippen molar-refractivity contribution in [2.45, 2.75) is 6.92 Å². The minimum Gasteiger partial charge on any atom is -0.465 e. The third kappa shape index (κ3) is 3.85. The molecule has 4 rings (SSSR count). The molecule has 3 aromatic rings. The van der Waals surface area contributed by atoms with Gasteiger partial charge in [-0.25, -0.2) is 14.6 Å². The van der Waals surface area contributed by atoms with Crippen LogP contribution in [0, 0.1) is 6.92 Å². The Hall–Kier alpha value is -4.13. The first-order chi connectivity index (χ1) is 15.0. The summed E-state index contributed by atoms with van der Waals surface area (Å²) in [6.45, 7) is 2.03. The Labute approximate surface area is 179 Å². The molecule has 0 unspecified atom stereocenters. The van der Waals surface area contributed by atoms with Crippen molar-refractivity contribution < 1.29 is 19.1 Å². The number of rotatable bonds is 4. The number of H-pyrrole nitrogens is 1. The van der Waals surface area contributed by atoms with Crippen LogP contribution in [0.1, 0.15) is 5.56 Å². The molecule has 1 aromatic heterocycles. The zero-order valence-electron chi connectivity index (χ0n) is 17.4. The summed E-state index contributed by atoms with van der Waals surface area (Å²) in [5, 5.41) is 0. The maximum absolute atomic E-state index is 12.6. The zero-order chi connectivity index (χ0) is 22.0. The van der Waals surface area contributed by atoms with Crippen LogP contribution in [0.5, 0.6) is 0 Å². The molecular weight excluding hydrogens is 394 g/mol. The van der Waals surface area contributed by atoms with Crippen molar-refractivity contribution in [3.8, 4) is 11.4 Å². The second-order valence-corrected chi connectivity index (χ2v) is 6.97. The Balaban J connectivity index is 1.82. The third-order valence-electron chi connectivity index (χ3n) is 4.92. The van der Waals surface area contributed by atoms with E-state index in [4.69, 9.17) is 9.47 Å². The van der Waals surface area contributed by atoms with Crippen molar-refractivity contribution in [1.29, 1.82) is 0 Å². The summed E-state index contributed by atoms with van der Waals surface area (Å²) in [6.07, 6.45) is 6.62. The largest absolute Gasteiger partial charge is 0.465 e. The molecule has 1 aliphatic rings. The van der Waals surface area contributed by atoms with Crippen LogP contribution in [0.3, 0.4) is 0 Å². The highest BCUT2D eigenvalue weighted by Crippen LogP contribution is 2.30. The molecule has 0 bridgehead atoms. The fourth-order valence-electron chi connectivity index (χ4n) is 3.43. The van der Waals surface area contributed by atoms with Crippen molar-refractivity contribution in [3.63, 3.8) is 0 Å². The summed E-state index contributed by atoms with van der Waals surface area (Å²) in [6, 6.07) is 13.5. The van der Waals surface area contributed by atoms with Gasteiger partial charge in [-0.2, -0.15) is 0 Å². The van der Waals surface area contributed by atoms with Crippen LogP contribution in [-0.2, 0) is 19.1 Å². The van der Waals surface area contributed by atoms with E-state index in [9.17, 15) is 9.59 Å². The van der Waals surface area contributed by atoms with Gasteiger partial charge in [-0.05, 0) is 48.9 Å². The smallest absolute Gasteiger partial charge is 0.355 e. The Bertz CT molecular complexity index is 1270. The molecule has 2 heterocycles. The lowest BCUT2D eigenvalue weighted by Gasteiger charge is -2.23. The molecule has 0 aliphatic carbocycles. The Morgan fingerprint density at radius 1 is 1.00 bits per heavy atom. The molecule has 2 aromatic carbocycles. The summed E-state index contributed by atoms with van der Waals surface area (Å²) >= 11 is 0. The highest BCUT2D eigenvalue weighted by Gasteiger charge is 2.27. The van der Waals surface area contributed by atoms with Gasteiger partial charge in [0.25, 0.3) is 0 Å². The Kier molecular flexibility index (Phi) is 5.41. The van der Waals surface area contributed by atoms with E-state index in [1.807, 2.05) is 49.4 Å². The number of anilines is 1. The molecule has 0 saturated heterocycles. The molecule has 31 heavy (non-hydrogen) atoms. The lowest BCUT2D eigenvalue weighted by atomic mass is 10.1. The van der Waals surface area contributed by atoms with Crippen molar-refractivity contribution in [2.75, 3.05) is 19.1 Å². The quantitative estimate of drug-likeness (QED) is 0.648. The number of esters is 2. The number of hydrogen-bond donors (Lipinski definition) is 1. The van der Waals surface area contributed by atoms with Gasteiger partial charge in [0.05, 0.1) is 30.8 Å². The van der Waals surface area contributed by atoms with Crippen molar-refractivity contribution >= 4 is 28.7 Å². The van der Waals surface area contributed by atoms with Gasteiger partial charge in [0.1, 0.15) is 11.5 Å². The first-order valence-electron chi connectivity index (χ1n) is 9.63. The van der Waals surface area contributed by atoms with E-state index < -0.39 is 11.9 Å². The van der Waals surface area contributed by atoms with Gasteiger partial charge in [-0.15, -0.1) is 0 Å². The van der Waals surface area contributed by atoms with Gasteiger partial charge in [0.15, 0.2) is 0 Å². The lowest BCUT2D eigenvalue weighted by Crippen LogP contribution is -2.26. The number of hydrogen-bond acceptors (Lipinski definition) is 6. The molecule has 0 amide bonds. The summed E-state index contributed by atoms with van der Waals surface area (Å²) in [4.78, 5) is 34.6. The van der Waals surface area contributed by atoms with E-state index in [-0.39, 0.29) is 11.3 Å². The van der Waals surface area contributed by atoms with Gasteiger partial charge in [-0.1, -0.05) is 24.3 Å². The minimum atomic E-state index is -0.652. The number of nitrogens with zero attached hydrogens (tertiary/aromatic N) is 2. The Morgan fingerprint density at radius 3 is 2.58 bits per heavy atom. The zero-order valence-corrected chi connectivity index (χ0v) is 17.4. The van der Waals surface area contributed by atoms with E-state index in [0.29, 0.717) is 11.5 Å². The van der Waals surface area contributed by atoms with E-state index in [2.05, 4.69) is 9.97 Å². The molecule has 0 radical (unpaired) electrons. The van der Waals surface area contributed by atoms with Crippen molar-refractivity contribution in [1.82, 2.24) is 9.97 Å². The highest BCUT2D eigenvalue weighted by molar-refractivity contribution is 6.05. The molecule has 0 atom stereocenters. The molecule has 156 valence electrons. The predicted molar refractivity (Wildman–Crippen MR) is 118 cm³/mol. The molecule has 1 N–H and O–H groups in total. The first-order valence-corrected chi connectivity index (χ1v) is 9.63. The number of ether oxygens (including phenoxy) is 2. The fraction of sp³-hybridized carbons (Fsp3) is 0.125. The molecular formula is C24H21N3O4. The van der Waals surface area contributed by atoms with E-state index in [0.717, 1.165) is 22.2 Å². The standard InChI is InChI=1S/C24H21N3O4/c1-15-10-11-19-20(13-15)26-22(25-19)16-7-6-8-17(14-16)27-12-5-4-9-18(23(28)30-2)21(27)24(29)31-3/h4-14H,1-3H3,(H,25,26). The lowest BCUT2D eigenvalue weighted by molar-refractivity contribution is -0.139. The molecule has 7 heteroatoms. The number of aromatic nitrogens is 2. The number of methoxy groups -OCH3 is 2. The molecule has 0 saturated carbocycles. The number of benzene rings is 2. The SMILES string of the molecule is COC(=O)C1=C(C(=O)OC)N(c2cccc(-c3nc4ccc(C)cc4[nH]3)c2)C=CC=C1. The van der Waals surface area contributed by atoms with Crippen LogP contribution in [0.2, 0.25) is 0 Å². The van der Waals surface area contributed by atoms with Crippen LogP contribution in [0.4, 0.5) is 5.69 Å². The second kappa shape index (κ2) is 8.31. The topological polar surface area (TPSA) is 84.5 Å². The number of allylic oxidation sites excluding steroid dienone is 2. The number of aryl methyl sites for hydroxylation is 1. The molecule has 0 spiro atoms. The predicted octanol–water partition coefficient (Wildman–Crippen LogP) is 4.03.